The number of hydrogen-bond acceptors (Lipinski definition) is 3. The Hall–Kier alpha value is -1.39. The van der Waals surface area contributed by atoms with Crippen molar-refractivity contribution in [2.75, 3.05) is 0 Å². The van der Waals surface area contributed by atoms with E-state index in [-0.39, 0.29) is 12.3 Å². The smallest absolute Gasteiger partial charge is 0.305 e. The monoisotopic (exact) mass is 215 g/mol. The van der Waals surface area contributed by atoms with Crippen molar-refractivity contribution in [2.24, 2.45) is 5.41 Å². The van der Waals surface area contributed by atoms with Gasteiger partial charge in [-0.05, 0) is 6.42 Å². The lowest BCUT2D eigenvalue weighted by Gasteiger charge is -2.23. The number of carboxylic acid groups (broad SMARTS) is 1. The molecule has 5 heteroatoms. The minimum absolute atomic E-state index is 0.302. The maximum atomic E-state index is 11.6. The first-order valence-electron chi connectivity index (χ1n) is 4.81. The standard InChI is InChI=1S/C10H17NO4/c1-4-10(2,3)9(15)11-7(6-12)5-8(13)14/h6-7H,4-5H2,1-3H3,(H,11,15)(H,13,14). The van der Waals surface area contributed by atoms with Gasteiger partial charge in [0.05, 0.1) is 12.5 Å². The van der Waals surface area contributed by atoms with Gasteiger partial charge in [-0.3, -0.25) is 9.59 Å². The highest BCUT2D eigenvalue weighted by Crippen LogP contribution is 2.19. The summed E-state index contributed by atoms with van der Waals surface area (Å²) in [5.41, 5.74) is -0.584. The third kappa shape index (κ3) is 4.58. The number of amides is 1. The van der Waals surface area contributed by atoms with Crippen LogP contribution in [0.4, 0.5) is 0 Å². The van der Waals surface area contributed by atoms with Gasteiger partial charge in [0.25, 0.3) is 0 Å². The molecule has 0 spiro atoms. The largest absolute Gasteiger partial charge is 0.481 e. The fourth-order valence-corrected chi connectivity index (χ4v) is 0.846. The molecule has 0 bridgehead atoms. The second-order valence-electron chi connectivity index (χ2n) is 4.05. The topological polar surface area (TPSA) is 83.5 Å². The second-order valence-corrected chi connectivity index (χ2v) is 4.05. The highest BCUT2D eigenvalue weighted by atomic mass is 16.4. The number of aliphatic carboxylic acids is 1. The lowest BCUT2D eigenvalue weighted by atomic mass is 9.89. The number of hydrogen-bond donors (Lipinski definition) is 2. The summed E-state index contributed by atoms with van der Waals surface area (Å²) < 4.78 is 0. The molecule has 86 valence electrons. The van der Waals surface area contributed by atoms with Crippen LogP contribution in [-0.2, 0) is 14.4 Å². The van der Waals surface area contributed by atoms with E-state index in [1.54, 1.807) is 13.8 Å². The van der Waals surface area contributed by atoms with E-state index in [1.807, 2.05) is 6.92 Å². The van der Waals surface area contributed by atoms with Crippen LogP contribution in [0.25, 0.3) is 0 Å². The fraction of sp³-hybridized carbons (Fsp3) is 0.700. The van der Waals surface area contributed by atoms with E-state index in [1.165, 1.54) is 0 Å². The van der Waals surface area contributed by atoms with E-state index in [2.05, 4.69) is 5.32 Å². The maximum Gasteiger partial charge on any atom is 0.305 e. The molecule has 0 fully saturated rings. The summed E-state index contributed by atoms with van der Waals surface area (Å²) in [4.78, 5) is 32.5. The molecule has 0 aliphatic heterocycles. The molecular weight excluding hydrogens is 198 g/mol. The average molecular weight is 215 g/mol. The lowest BCUT2D eigenvalue weighted by molar-refractivity contribution is -0.139. The number of rotatable bonds is 6. The Morgan fingerprint density at radius 1 is 1.47 bits per heavy atom. The molecule has 1 unspecified atom stereocenters. The molecule has 0 radical (unpaired) electrons. The second kappa shape index (κ2) is 5.48. The lowest BCUT2D eigenvalue weighted by Crippen LogP contribution is -2.44. The number of carboxylic acids is 1. The summed E-state index contributed by atoms with van der Waals surface area (Å²) >= 11 is 0. The Bertz CT molecular complexity index is 260. The van der Waals surface area contributed by atoms with Gasteiger partial charge in [-0.25, -0.2) is 0 Å². The molecular formula is C10H17NO4. The van der Waals surface area contributed by atoms with Crippen LogP contribution >= 0.6 is 0 Å². The van der Waals surface area contributed by atoms with Crippen LogP contribution in [0, 0.1) is 5.41 Å². The molecule has 1 amide bonds. The van der Waals surface area contributed by atoms with Crippen molar-refractivity contribution >= 4 is 18.2 Å². The van der Waals surface area contributed by atoms with Crippen molar-refractivity contribution < 1.29 is 19.5 Å². The van der Waals surface area contributed by atoms with Crippen LogP contribution in [0.2, 0.25) is 0 Å². The first-order valence-corrected chi connectivity index (χ1v) is 4.81. The maximum absolute atomic E-state index is 11.6. The van der Waals surface area contributed by atoms with Crippen LogP contribution < -0.4 is 5.32 Å². The van der Waals surface area contributed by atoms with Crippen LogP contribution in [-0.4, -0.2) is 29.3 Å². The van der Waals surface area contributed by atoms with Crippen LogP contribution in [0.15, 0.2) is 0 Å². The van der Waals surface area contributed by atoms with Gasteiger partial charge in [-0.15, -0.1) is 0 Å². The molecule has 0 aliphatic carbocycles. The molecule has 0 aromatic carbocycles. The molecule has 0 rings (SSSR count). The zero-order valence-electron chi connectivity index (χ0n) is 9.24. The third-order valence-corrected chi connectivity index (χ3v) is 2.37. The number of carbonyl (C=O) groups is 3. The van der Waals surface area contributed by atoms with E-state index in [0.29, 0.717) is 12.7 Å². The van der Waals surface area contributed by atoms with Gasteiger partial charge in [0.1, 0.15) is 6.29 Å². The van der Waals surface area contributed by atoms with Crippen molar-refractivity contribution in [3.05, 3.63) is 0 Å². The predicted molar refractivity (Wildman–Crippen MR) is 54.3 cm³/mol. The summed E-state index contributed by atoms with van der Waals surface area (Å²) in [6.45, 7) is 5.34. The van der Waals surface area contributed by atoms with E-state index >= 15 is 0 Å². The van der Waals surface area contributed by atoms with Gasteiger partial charge in [-0.1, -0.05) is 20.8 Å². The Balaban J connectivity index is 4.37. The first kappa shape index (κ1) is 13.6. The van der Waals surface area contributed by atoms with E-state index < -0.39 is 17.4 Å². The molecule has 15 heavy (non-hydrogen) atoms. The highest BCUT2D eigenvalue weighted by molar-refractivity contribution is 5.85. The molecule has 0 heterocycles. The van der Waals surface area contributed by atoms with E-state index in [0.717, 1.165) is 0 Å². The van der Waals surface area contributed by atoms with Crippen LogP contribution in [0.5, 0.6) is 0 Å². The fourth-order valence-electron chi connectivity index (χ4n) is 0.846. The molecule has 2 N–H and O–H groups in total. The molecule has 5 nitrogen and oxygen atoms in total. The molecule has 0 aromatic heterocycles. The van der Waals surface area contributed by atoms with Gasteiger partial charge in [0.15, 0.2) is 0 Å². The summed E-state index contributed by atoms with van der Waals surface area (Å²) in [7, 11) is 0. The van der Waals surface area contributed by atoms with Crippen LogP contribution in [0.1, 0.15) is 33.6 Å². The minimum atomic E-state index is -1.11. The summed E-state index contributed by atoms with van der Waals surface area (Å²) in [6, 6.07) is -0.944. The Labute approximate surface area is 88.9 Å². The zero-order valence-corrected chi connectivity index (χ0v) is 9.24. The van der Waals surface area contributed by atoms with E-state index in [9.17, 15) is 14.4 Å². The van der Waals surface area contributed by atoms with Gasteiger partial charge < -0.3 is 15.2 Å². The molecule has 0 saturated carbocycles. The quantitative estimate of drug-likeness (QED) is 0.635. The number of carbonyl (C=O) groups excluding carboxylic acids is 2. The zero-order chi connectivity index (χ0) is 12.1. The van der Waals surface area contributed by atoms with Gasteiger partial charge >= 0.3 is 5.97 Å². The molecule has 0 aliphatic rings. The van der Waals surface area contributed by atoms with Gasteiger partial charge in [0.2, 0.25) is 5.91 Å². The van der Waals surface area contributed by atoms with Crippen molar-refractivity contribution in [1.82, 2.24) is 5.32 Å². The normalized spacial score (nSPS) is 13.0. The van der Waals surface area contributed by atoms with Crippen LogP contribution in [0.3, 0.4) is 0 Å². The van der Waals surface area contributed by atoms with Crippen molar-refractivity contribution in [1.29, 1.82) is 0 Å². The van der Waals surface area contributed by atoms with Crippen molar-refractivity contribution in [2.45, 2.75) is 39.7 Å². The van der Waals surface area contributed by atoms with Crippen molar-refractivity contribution in [3.8, 4) is 0 Å². The highest BCUT2D eigenvalue weighted by Gasteiger charge is 2.27. The van der Waals surface area contributed by atoms with Crippen molar-refractivity contribution in [3.63, 3.8) is 0 Å². The summed E-state index contributed by atoms with van der Waals surface area (Å²) in [6.07, 6.45) is 0.685. The SMILES string of the molecule is CCC(C)(C)C(=O)NC(C=O)CC(=O)O. The number of nitrogens with one attached hydrogen (secondary N) is 1. The molecule has 0 saturated heterocycles. The molecule has 0 aromatic rings. The van der Waals surface area contributed by atoms with Gasteiger partial charge in [0, 0.05) is 5.41 Å². The Morgan fingerprint density at radius 2 is 2.00 bits per heavy atom. The summed E-state index contributed by atoms with van der Waals surface area (Å²) in [5.74, 6) is -1.41. The number of aldehydes is 1. The Morgan fingerprint density at radius 3 is 2.33 bits per heavy atom. The van der Waals surface area contributed by atoms with E-state index in [4.69, 9.17) is 5.11 Å². The van der Waals surface area contributed by atoms with Gasteiger partial charge in [-0.2, -0.15) is 0 Å². The third-order valence-electron chi connectivity index (χ3n) is 2.37. The Kier molecular flexibility index (Phi) is 4.97. The summed E-state index contributed by atoms with van der Waals surface area (Å²) in [5, 5.41) is 10.9. The average Bonchev–Trinajstić information content (AvgIpc) is 2.15. The minimum Gasteiger partial charge on any atom is -0.481 e. The molecule has 1 atom stereocenters. The first-order chi connectivity index (χ1) is 6.83. The predicted octanol–water partition coefficient (Wildman–Crippen LogP) is 0.581.